The highest BCUT2D eigenvalue weighted by atomic mass is 35.5. The third-order valence-electron chi connectivity index (χ3n) is 2.25. The van der Waals surface area contributed by atoms with Crippen molar-refractivity contribution in [2.75, 3.05) is 12.4 Å². The number of rotatable bonds is 3. The van der Waals surface area contributed by atoms with E-state index in [1.54, 1.807) is 39.0 Å². The van der Waals surface area contributed by atoms with Crippen molar-refractivity contribution in [2.24, 2.45) is 0 Å². The summed E-state index contributed by atoms with van der Waals surface area (Å²) in [7, 11) is 1.28. The molecular formula is C15H18ClNO4. The van der Waals surface area contributed by atoms with Gasteiger partial charge in [-0.25, -0.2) is 9.59 Å². The molecule has 1 aromatic rings. The van der Waals surface area contributed by atoms with Crippen molar-refractivity contribution in [1.29, 1.82) is 0 Å². The van der Waals surface area contributed by atoms with E-state index >= 15 is 0 Å². The summed E-state index contributed by atoms with van der Waals surface area (Å²) in [6, 6.07) is 4.88. The third-order valence-corrected chi connectivity index (χ3v) is 2.48. The van der Waals surface area contributed by atoms with Gasteiger partial charge >= 0.3 is 12.1 Å². The van der Waals surface area contributed by atoms with Crippen molar-refractivity contribution in [2.45, 2.75) is 26.4 Å². The fourth-order valence-electron chi connectivity index (χ4n) is 1.42. The first-order chi connectivity index (χ1) is 9.71. The zero-order valence-corrected chi connectivity index (χ0v) is 13.2. The number of carbonyl (C=O) groups is 2. The number of benzene rings is 1. The quantitative estimate of drug-likeness (QED) is 0.679. The zero-order valence-electron chi connectivity index (χ0n) is 12.4. The summed E-state index contributed by atoms with van der Waals surface area (Å²) in [6.45, 7) is 5.31. The Morgan fingerprint density at radius 1 is 1.29 bits per heavy atom. The summed E-state index contributed by atoms with van der Waals surface area (Å²) < 4.78 is 9.69. The molecule has 0 spiro atoms. The predicted molar refractivity (Wildman–Crippen MR) is 82.4 cm³/mol. The molecule has 0 saturated carbocycles. The van der Waals surface area contributed by atoms with Gasteiger partial charge in [0.2, 0.25) is 0 Å². The van der Waals surface area contributed by atoms with Crippen LogP contribution in [0, 0.1) is 0 Å². The largest absolute Gasteiger partial charge is 0.466 e. The molecule has 0 aliphatic heterocycles. The number of ether oxygens (including phenoxy) is 2. The van der Waals surface area contributed by atoms with E-state index in [0.717, 1.165) is 0 Å². The van der Waals surface area contributed by atoms with Crippen LogP contribution in [0.2, 0.25) is 5.02 Å². The summed E-state index contributed by atoms with van der Waals surface area (Å²) in [5.74, 6) is -0.502. The number of carbonyl (C=O) groups excluding carboxylic acids is 2. The molecule has 0 saturated heterocycles. The Hall–Kier alpha value is -2.01. The molecule has 0 atom stereocenters. The van der Waals surface area contributed by atoms with Gasteiger partial charge in [0.1, 0.15) is 5.60 Å². The average Bonchev–Trinajstić information content (AvgIpc) is 2.36. The smallest absolute Gasteiger partial charge is 0.412 e. The van der Waals surface area contributed by atoms with Crippen LogP contribution in [-0.4, -0.2) is 24.8 Å². The van der Waals surface area contributed by atoms with E-state index in [0.29, 0.717) is 16.3 Å². The van der Waals surface area contributed by atoms with Crippen molar-refractivity contribution in [1.82, 2.24) is 0 Å². The van der Waals surface area contributed by atoms with E-state index in [1.165, 1.54) is 19.3 Å². The van der Waals surface area contributed by atoms with Crippen LogP contribution in [-0.2, 0) is 14.3 Å². The van der Waals surface area contributed by atoms with E-state index < -0.39 is 17.7 Å². The minimum atomic E-state index is -0.599. The molecule has 0 fully saturated rings. The topological polar surface area (TPSA) is 64.6 Å². The molecular weight excluding hydrogens is 294 g/mol. The van der Waals surface area contributed by atoms with Crippen LogP contribution in [0.4, 0.5) is 10.5 Å². The average molecular weight is 312 g/mol. The van der Waals surface area contributed by atoms with Crippen LogP contribution in [0.25, 0.3) is 6.08 Å². The fraction of sp³-hybridized carbons (Fsp3) is 0.333. The fourth-order valence-corrected chi connectivity index (χ4v) is 1.61. The molecule has 1 N–H and O–H groups in total. The van der Waals surface area contributed by atoms with Crippen LogP contribution >= 0.6 is 11.6 Å². The molecule has 0 aliphatic carbocycles. The lowest BCUT2D eigenvalue weighted by molar-refractivity contribution is -0.134. The number of anilines is 1. The minimum Gasteiger partial charge on any atom is -0.466 e. The standard InChI is InChI=1S/C15H18ClNO4/c1-15(2,3)21-14(19)17-12-7-6-11(16)9-10(12)5-8-13(18)20-4/h5-9H,1-4H3,(H,17,19)/b8-5+. The van der Waals surface area contributed by atoms with Gasteiger partial charge in [-0.1, -0.05) is 11.6 Å². The first-order valence-corrected chi connectivity index (χ1v) is 6.64. The summed E-state index contributed by atoms with van der Waals surface area (Å²) in [4.78, 5) is 22.9. The van der Waals surface area contributed by atoms with Crippen molar-refractivity contribution < 1.29 is 19.1 Å². The Kier molecular flexibility index (Phi) is 5.79. The molecule has 6 heteroatoms. The molecule has 1 rings (SSSR count). The number of methoxy groups -OCH3 is 1. The number of hydrogen-bond acceptors (Lipinski definition) is 4. The number of hydrogen-bond donors (Lipinski definition) is 1. The lowest BCUT2D eigenvalue weighted by Crippen LogP contribution is -2.27. The second kappa shape index (κ2) is 7.13. The maximum Gasteiger partial charge on any atom is 0.412 e. The van der Waals surface area contributed by atoms with E-state index in [-0.39, 0.29) is 0 Å². The first-order valence-electron chi connectivity index (χ1n) is 6.27. The highest BCUT2D eigenvalue weighted by Crippen LogP contribution is 2.23. The molecule has 114 valence electrons. The van der Waals surface area contributed by atoms with Crippen molar-refractivity contribution in [3.63, 3.8) is 0 Å². The zero-order chi connectivity index (χ0) is 16.0. The number of amides is 1. The monoisotopic (exact) mass is 311 g/mol. The predicted octanol–water partition coefficient (Wildman–Crippen LogP) is 3.87. The van der Waals surface area contributed by atoms with Gasteiger partial charge < -0.3 is 9.47 Å². The second-order valence-corrected chi connectivity index (χ2v) is 5.65. The van der Waals surface area contributed by atoms with Gasteiger partial charge in [0.25, 0.3) is 0 Å². The van der Waals surface area contributed by atoms with E-state index in [4.69, 9.17) is 16.3 Å². The number of nitrogens with one attached hydrogen (secondary N) is 1. The van der Waals surface area contributed by atoms with E-state index in [9.17, 15) is 9.59 Å². The van der Waals surface area contributed by atoms with Crippen molar-refractivity contribution in [3.05, 3.63) is 34.9 Å². The van der Waals surface area contributed by atoms with Gasteiger partial charge in [0, 0.05) is 11.1 Å². The van der Waals surface area contributed by atoms with Gasteiger partial charge in [0.15, 0.2) is 0 Å². The van der Waals surface area contributed by atoms with Gasteiger partial charge in [-0.05, 0) is 50.6 Å². The first kappa shape index (κ1) is 17.0. The molecule has 0 radical (unpaired) electrons. The Balaban J connectivity index is 2.94. The normalized spacial score (nSPS) is 11.3. The Morgan fingerprint density at radius 3 is 2.52 bits per heavy atom. The van der Waals surface area contributed by atoms with Crippen LogP contribution in [0.1, 0.15) is 26.3 Å². The lowest BCUT2D eigenvalue weighted by atomic mass is 10.1. The summed E-state index contributed by atoms with van der Waals surface area (Å²) in [5, 5.41) is 3.09. The second-order valence-electron chi connectivity index (χ2n) is 5.21. The Labute approximate surface area is 128 Å². The lowest BCUT2D eigenvalue weighted by Gasteiger charge is -2.20. The van der Waals surface area contributed by atoms with E-state index in [2.05, 4.69) is 10.1 Å². The van der Waals surface area contributed by atoms with Crippen molar-refractivity contribution in [3.8, 4) is 0 Å². The molecule has 5 nitrogen and oxygen atoms in total. The van der Waals surface area contributed by atoms with Crippen LogP contribution in [0.15, 0.2) is 24.3 Å². The Morgan fingerprint density at radius 2 is 1.95 bits per heavy atom. The maximum absolute atomic E-state index is 11.8. The van der Waals surface area contributed by atoms with Crippen LogP contribution in [0.3, 0.4) is 0 Å². The van der Waals surface area contributed by atoms with Gasteiger partial charge in [0.05, 0.1) is 12.8 Å². The molecule has 0 bridgehead atoms. The van der Waals surface area contributed by atoms with Crippen molar-refractivity contribution >= 4 is 35.4 Å². The van der Waals surface area contributed by atoms with E-state index in [1.807, 2.05) is 0 Å². The molecule has 1 aromatic carbocycles. The molecule has 0 heterocycles. The van der Waals surface area contributed by atoms with Gasteiger partial charge in [-0.3, -0.25) is 5.32 Å². The number of halogens is 1. The molecule has 1 amide bonds. The number of esters is 1. The molecule has 0 unspecified atom stereocenters. The maximum atomic E-state index is 11.8. The van der Waals surface area contributed by atoms with Crippen LogP contribution < -0.4 is 5.32 Å². The minimum absolute atomic E-state index is 0.480. The molecule has 0 aliphatic rings. The highest BCUT2D eigenvalue weighted by molar-refractivity contribution is 6.30. The summed E-state index contributed by atoms with van der Waals surface area (Å²) in [5.41, 5.74) is 0.450. The molecule has 0 aromatic heterocycles. The summed E-state index contributed by atoms with van der Waals surface area (Å²) >= 11 is 5.92. The summed E-state index contributed by atoms with van der Waals surface area (Å²) in [6.07, 6.45) is 2.16. The van der Waals surface area contributed by atoms with Crippen LogP contribution in [0.5, 0.6) is 0 Å². The molecule has 21 heavy (non-hydrogen) atoms. The Bertz CT molecular complexity index is 561. The highest BCUT2D eigenvalue weighted by Gasteiger charge is 2.17. The SMILES string of the molecule is COC(=O)/C=C/c1cc(Cl)ccc1NC(=O)OC(C)(C)C. The van der Waals surface area contributed by atoms with Gasteiger partial charge in [-0.15, -0.1) is 0 Å². The third kappa shape index (κ3) is 6.31. The van der Waals surface area contributed by atoms with Gasteiger partial charge in [-0.2, -0.15) is 0 Å².